The van der Waals surface area contributed by atoms with E-state index in [0.29, 0.717) is 12.0 Å². The second-order valence-electron chi connectivity index (χ2n) is 6.04. The summed E-state index contributed by atoms with van der Waals surface area (Å²) in [7, 11) is -0.468. The molecule has 25 heavy (non-hydrogen) atoms. The van der Waals surface area contributed by atoms with Crippen molar-refractivity contribution in [3.05, 3.63) is 83.9 Å². The van der Waals surface area contributed by atoms with E-state index in [4.69, 9.17) is 0 Å². The maximum Gasteiger partial charge on any atom is 0.122 e. The Kier molecular flexibility index (Phi) is 5.73. The highest BCUT2D eigenvalue weighted by atomic mass is 31.1. The van der Waals surface area contributed by atoms with E-state index >= 15 is 0 Å². The van der Waals surface area contributed by atoms with Gasteiger partial charge >= 0.3 is 0 Å². The lowest BCUT2D eigenvalue weighted by molar-refractivity contribution is 0.438. The quantitative estimate of drug-likeness (QED) is 0.650. The molecule has 128 valence electrons. The smallest absolute Gasteiger partial charge is 0.122 e. The van der Waals surface area contributed by atoms with Gasteiger partial charge in [-0.2, -0.15) is 0 Å². The van der Waals surface area contributed by atoms with Crippen LogP contribution in [0.15, 0.2) is 72.8 Å². The predicted molar refractivity (Wildman–Crippen MR) is 107 cm³/mol. The minimum atomic E-state index is -0.468. The molecule has 0 aliphatic rings. The molecule has 3 rings (SSSR count). The number of phenolic OH excluding ortho intramolecular Hbond substituents is 2. The van der Waals surface area contributed by atoms with E-state index in [-0.39, 0.29) is 11.5 Å². The van der Waals surface area contributed by atoms with E-state index in [9.17, 15) is 10.2 Å². The number of phenols is 2. The normalized spacial score (nSPS) is 11.0. The zero-order chi connectivity index (χ0) is 17.6. The highest BCUT2D eigenvalue weighted by molar-refractivity contribution is 7.73. The van der Waals surface area contributed by atoms with Crippen molar-refractivity contribution in [1.82, 2.24) is 0 Å². The monoisotopic (exact) mass is 350 g/mol. The van der Waals surface area contributed by atoms with E-state index in [2.05, 4.69) is 48.5 Å². The molecule has 2 N–H and O–H groups in total. The molecule has 2 nitrogen and oxygen atoms in total. The Morgan fingerprint density at radius 2 is 1.24 bits per heavy atom. The predicted octanol–water partition coefficient (Wildman–Crippen LogP) is 4.34. The van der Waals surface area contributed by atoms with Gasteiger partial charge in [-0.15, -0.1) is 0 Å². The van der Waals surface area contributed by atoms with Gasteiger partial charge in [-0.3, -0.25) is 0 Å². The van der Waals surface area contributed by atoms with Gasteiger partial charge in [0.2, 0.25) is 0 Å². The first-order valence-electron chi connectivity index (χ1n) is 8.60. The van der Waals surface area contributed by atoms with Crippen LogP contribution in [0.2, 0.25) is 0 Å². The molecule has 0 amide bonds. The Bertz CT molecular complexity index is 753. The second kappa shape index (κ2) is 8.18. The fourth-order valence-electron chi connectivity index (χ4n) is 3.07. The molecule has 0 heterocycles. The Morgan fingerprint density at radius 1 is 0.760 bits per heavy atom. The van der Waals surface area contributed by atoms with Gasteiger partial charge < -0.3 is 10.2 Å². The minimum absolute atomic E-state index is 0.196. The van der Waals surface area contributed by atoms with Crippen molar-refractivity contribution in [1.29, 1.82) is 0 Å². The van der Waals surface area contributed by atoms with Gasteiger partial charge in [0.1, 0.15) is 11.5 Å². The number of benzene rings is 3. The lowest BCUT2D eigenvalue weighted by Gasteiger charge is -2.19. The number of aromatic hydroxyl groups is 2. The van der Waals surface area contributed by atoms with Crippen LogP contribution in [0.5, 0.6) is 11.5 Å². The lowest BCUT2D eigenvalue weighted by atomic mass is 10.1. The average Bonchev–Trinajstić information content (AvgIpc) is 2.63. The van der Waals surface area contributed by atoms with Crippen LogP contribution in [0.3, 0.4) is 0 Å². The SMILES string of the molecule is CCc1c(O)cc(CCP(c2ccccc2)c2ccccc2)cc1O. The van der Waals surface area contributed by atoms with Crippen LogP contribution in [0.4, 0.5) is 0 Å². The highest BCUT2D eigenvalue weighted by Gasteiger charge is 2.15. The van der Waals surface area contributed by atoms with E-state index in [0.717, 1.165) is 18.1 Å². The second-order valence-corrected chi connectivity index (χ2v) is 8.37. The van der Waals surface area contributed by atoms with Crippen molar-refractivity contribution in [3.63, 3.8) is 0 Å². The van der Waals surface area contributed by atoms with E-state index in [1.807, 2.05) is 19.1 Å². The zero-order valence-electron chi connectivity index (χ0n) is 14.4. The third-order valence-electron chi connectivity index (χ3n) is 4.38. The molecule has 0 spiro atoms. The third kappa shape index (κ3) is 4.21. The topological polar surface area (TPSA) is 40.5 Å². The Balaban J connectivity index is 1.85. The first kappa shape index (κ1) is 17.5. The molecule has 3 aromatic carbocycles. The van der Waals surface area contributed by atoms with Gasteiger partial charge in [-0.05, 0) is 55.2 Å². The maximum absolute atomic E-state index is 10.1. The van der Waals surface area contributed by atoms with Gasteiger partial charge in [0.15, 0.2) is 0 Å². The van der Waals surface area contributed by atoms with Crippen molar-refractivity contribution >= 4 is 18.5 Å². The number of hydrogen-bond donors (Lipinski definition) is 2. The summed E-state index contributed by atoms with van der Waals surface area (Å²) in [5.41, 5.74) is 1.60. The van der Waals surface area contributed by atoms with Crippen molar-refractivity contribution in [2.45, 2.75) is 19.8 Å². The van der Waals surface area contributed by atoms with Gasteiger partial charge in [-0.25, -0.2) is 0 Å². The van der Waals surface area contributed by atoms with Gasteiger partial charge in [0, 0.05) is 5.56 Å². The third-order valence-corrected chi connectivity index (χ3v) is 6.89. The Hall–Kier alpha value is -2.31. The van der Waals surface area contributed by atoms with Crippen LogP contribution in [0.25, 0.3) is 0 Å². The van der Waals surface area contributed by atoms with Crippen molar-refractivity contribution in [2.24, 2.45) is 0 Å². The van der Waals surface area contributed by atoms with Crippen LogP contribution in [0.1, 0.15) is 18.1 Å². The van der Waals surface area contributed by atoms with Gasteiger partial charge in [0.05, 0.1) is 0 Å². The summed E-state index contributed by atoms with van der Waals surface area (Å²) in [6.45, 7) is 1.93. The molecule has 0 radical (unpaired) electrons. The molecule has 0 aromatic heterocycles. The van der Waals surface area contributed by atoms with Crippen molar-refractivity contribution in [2.75, 3.05) is 6.16 Å². The first-order valence-corrected chi connectivity index (χ1v) is 10.1. The van der Waals surface area contributed by atoms with Crippen LogP contribution < -0.4 is 10.6 Å². The molecule has 0 bridgehead atoms. The van der Waals surface area contributed by atoms with Crippen LogP contribution in [0, 0.1) is 0 Å². The van der Waals surface area contributed by atoms with Crippen LogP contribution in [-0.4, -0.2) is 16.4 Å². The molecule has 0 saturated carbocycles. The maximum atomic E-state index is 10.1. The van der Waals surface area contributed by atoms with Crippen LogP contribution >= 0.6 is 7.92 Å². The first-order chi connectivity index (χ1) is 12.2. The molecular weight excluding hydrogens is 327 g/mol. The summed E-state index contributed by atoms with van der Waals surface area (Å²) in [5, 5.41) is 22.9. The lowest BCUT2D eigenvalue weighted by Crippen LogP contribution is -2.14. The Labute approximate surface area is 150 Å². The van der Waals surface area contributed by atoms with E-state index < -0.39 is 7.92 Å². The van der Waals surface area contributed by atoms with Gasteiger partial charge in [-0.1, -0.05) is 67.6 Å². The summed E-state index contributed by atoms with van der Waals surface area (Å²) in [5.74, 6) is 0.391. The summed E-state index contributed by atoms with van der Waals surface area (Å²) >= 11 is 0. The molecule has 3 aromatic rings. The largest absolute Gasteiger partial charge is 0.508 e. The summed E-state index contributed by atoms with van der Waals surface area (Å²) in [6, 6.07) is 24.8. The number of rotatable bonds is 6. The number of hydrogen-bond acceptors (Lipinski definition) is 2. The summed E-state index contributed by atoms with van der Waals surface area (Å²) in [6.07, 6.45) is 2.42. The molecule has 0 aliphatic heterocycles. The average molecular weight is 350 g/mol. The van der Waals surface area contributed by atoms with Crippen molar-refractivity contribution in [3.8, 4) is 11.5 Å². The van der Waals surface area contributed by atoms with Crippen LogP contribution in [-0.2, 0) is 12.8 Å². The fraction of sp³-hybridized carbons (Fsp3) is 0.182. The molecule has 3 heteroatoms. The molecule has 0 atom stereocenters. The number of aryl methyl sites for hydroxylation is 1. The molecule has 0 fully saturated rings. The van der Waals surface area contributed by atoms with E-state index in [1.165, 1.54) is 10.6 Å². The summed E-state index contributed by atoms with van der Waals surface area (Å²) < 4.78 is 0. The standard InChI is InChI=1S/C22H23O2P/c1-2-20-21(23)15-17(16-22(20)24)13-14-25(18-9-5-3-6-10-18)19-11-7-4-8-12-19/h3-12,15-16,23-24H,2,13-14H2,1H3. The van der Waals surface area contributed by atoms with E-state index in [1.54, 1.807) is 12.1 Å². The molecule has 0 unspecified atom stereocenters. The molecular formula is C22H23O2P. The molecule has 0 aliphatic carbocycles. The fourth-order valence-corrected chi connectivity index (χ4v) is 5.43. The Morgan fingerprint density at radius 3 is 1.68 bits per heavy atom. The van der Waals surface area contributed by atoms with Crippen molar-refractivity contribution < 1.29 is 10.2 Å². The summed E-state index contributed by atoms with van der Waals surface area (Å²) in [4.78, 5) is 0. The molecule has 0 saturated heterocycles. The van der Waals surface area contributed by atoms with Gasteiger partial charge in [0.25, 0.3) is 0 Å². The minimum Gasteiger partial charge on any atom is -0.508 e. The highest BCUT2D eigenvalue weighted by Crippen LogP contribution is 2.36. The zero-order valence-corrected chi connectivity index (χ0v) is 15.3.